The number of carboxylic acid groups (broad SMARTS) is 1. The number of carboxylic acids is 1. The van der Waals surface area contributed by atoms with Crippen molar-refractivity contribution in [2.75, 3.05) is 29.2 Å². The average Bonchev–Trinajstić information content (AvgIpc) is 2.79. The molecule has 1 aromatic heterocycles. The molecule has 1 amide bonds. The molecule has 0 saturated heterocycles. The number of benzene rings is 2. The summed E-state index contributed by atoms with van der Waals surface area (Å²) in [7, 11) is 3.57. The van der Waals surface area contributed by atoms with Crippen LogP contribution in [-0.4, -0.2) is 41.0 Å². The number of nitrogens with one attached hydrogen (secondary N) is 1. The minimum Gasteiger partial charge on any atom is -0.481 e. The molecule has 8 nitrogen and oxygen atoms in total. The number of fused-ring (bicyclic) bond motifs is 2. The molecule has 146 valence electrons. The van der Waals surface area contributed by atoms with Gasteiger partial charge in [0.1, 0.15) is 5.69 Å². The molecular weight excluding hydrogens is 370 g/mol. The smallest absolute Gasteiger partial charge is 0.307 e. The molecule has 0 aliphatic carbocycles. The summed E-state index contributed by atoms with van der Waals surface area (Å²) in [4.78, 5) is 36.0. The maximum atomic E-state index is 12.8. The molecule has 0 saturated carbocycles. The van der Waals surface area contributed by atoms with Crippen LogP contribution in [0.4, 0.5) is 28.8 Å². The number of amides is 1. The Morgan fingerprint density at radius 3 is 2.48 bits per heavy atom. The van der Waals surface area contributed by atoms with Crippen LogP contribution in [-0.2, 0) is 11.2 Å². The SMILES string of the molecule is CN1C(=O)c2ccccc2N(C)c2nc(Nc3ccc(CC(=O)O)cc3)ncc21. The van der Waals surface area contributed by atoms with Crippen LogP contribution >= 0.6 is 0 Å². The summed E-state index contributed by atoms with van der Waals surface area (Å²) in [6.07, 6.45) is 1.59. The Hall–Kier alpha value is -3.94. The monoisotopic (exact) mass is 389 g/mol. The van der Waals surface area contributed by atoms with Crippen molar-refractivity contribution in [3.05, 3.63) is 65.9 Å². The normalized spacial score (nSPS) is 12.8. The first kappa shape index (κ1) is 18.4. The van der Waals surface area contributed by atoms with Gasteiger partial charge in [0, 0.05) is 19.8 Å². The molecule has 4 rings (SSSR count). The lowest BCUT2D eigenvalue weighted by Gasteiger charge is -2.21. The van der Waals surface area contributed by atoms with Crippen molar-refractivity contribution in [3.8, 4) is 0 Å². The number of aromatic nitrogens is 2. The fourth-order valence-corrected chi connectivity index (χ4v) is 3.27. The molecule has 0 atom stereocenters. The summed E-state index contributed by atoms with van der Waals surface area (Å²) in [5.41, 5.74) is 3.42. The van der Waals surface area contributed by atoms with Gasteiger partial charge >= 0.3 is 5.97 Å². The van der Waals surface area contributed by atoms with E-state index in [1.165, 1.54) is 0 Å². The summed E-state index contributed by atoms with van der Waals surface area (Å²) >= 11 is 0. The molecule has 0 unspecified atom stereocenters. The van der Waals surface area contributed by atoms with E-state index in [0.717, 1.165) is 11.4 Å². The van der Waals surface area contributed by atoms with Crippen LogP contribution in [0.3, 0.4) is 0 Å². The molecule has 0 bridgehead atoms. The largest absolute Gasteiger partial charge is 0.481 e. The maximum absolute atomic E-state index is 12.8. The summed E-state index contributed by atoms with van der Waals surface area (Å²) in [6.45, 7) is 0. The molecule has 1 aliphatic heterocycles. The van der Waals surface area contributed by atoms with Gasteiger partial charge in [-0.3, -0.25) is 9.59 Å². The number of hydrogen-bond donors (Lipinski definition) is 2. The first-order chi connectivity index (χ1) is 13.9. The molecule has 1 aliphatic rings. The zero-order chi connectivity index (χ0) is 20.5. The summed E-state index contributed by atoms with van der Waals surface area (Å²) in [5, 5.41) is 12.0. The van der Waals surface area contributed by atoms with E-state index in [2.05, 4.69) is 15.3 Å². The van der Waals surface area contributed by atoms with E-state index in [9.17, 15) is 9.59 Å². The number of anilines is 5. The third kappa shape index (κ3) is 3.47. The molecule has 2 N–H and O–H groups in total. The summed E-state index contributed by atoms with van der Waals surface area (Å²) < 4.78 is 0. The number of aliphatic carboxylic acids is 1. The highest BCUT2D eigenvalue weighted by Gasteiger charge is 2.28. The fraction of sp³-hybridized carbons (Fsp3) is 0.143. The molecular formula is C21H19N5O3. The minimum absolute atomic E-state index is 0.0276. The first-order valence-electron chi connectivity index (χ1n) is 8.99. The molecule has 29 heavy (non-hydrogen) atoms. The standard InChI is InChI=1S/C21H19N5O3/c1-25-16-6-4-3-5-15(16)20(29)26(2)17-12-22-21(24-19(17)25)23-14-9-7-13(8-10-14)11-18(27)28/h3-10,12H,11H2,1-2H3,(H,27,28)(H,22,23,24). The van der Waals surface area contributed by atoms with Gasteiger partial charge in [-0.15, -0.1) is 0 Å². The predicted octanol–water partition coefficient (Wildman–Crippen LogP) is 3.21. The number of para-hydroxylation sites is 1. The zero-order valence-corrected chi connectivity index (χ0v) is 16.0. The third-order valence-electron chi connectivity index (χ3n) is 4.79. The highest BCUT2D eigenvalue weighted by atomic mass is 16.4. The Kier molecular flexibility index (Phi) is 4.59. The first-order valence-corrected chi connectivity index (χ1v) is 8.99. The fourth-order valence-electron chi connectivity index (χ4n) is 3.27. The van der Waals surface area contributed by atoms with E-state index in [-0.39, 0.29) is 12.3 Å². The highest BCUT2D eigenvalue weighted by Crippen LogP contribution is 2.37. The van der Waals surface area contributed by atoms with Crippen LogP contribution in [0, 0.1) is 0 Å². The molecule has 3 aromatic rings. The Labute approximate surface area is 167 Å². The van der Waals surface area contributed by atoms with Crippen molar-refractivity contribution >= 4 is 40.7 Å². The van der Waals surface area contributed by atoms with Gasteiger partial charge < -0.3 is 20.2 Å². The Balaban J connectivity index is 1.67. The lowest BCUT2D eigenvalue weighted by Crippen LogP contribution is -2.25. The van der Waals surface area contributed by atoms with Crippen molar-refractivity contribution in [2.45, 2.75) is 6.42 Å². The predicted molar refractivity (Wildman–Crippen MR) is 110 cm³/mol. The summed E-state index contributed by atoms with van der Waals surface area (Å²) in [5.74, 6) is -0.0149. The van der Waals surface area contributed by atoms with E-state index < -0.39 is 5.97 Å². The van der Waals surface area contributed by atoms with E-state index >= 15 is 0 Å². The second-order valence-corrected chi connectivity index (χ2v) is 6.74. The number of hydrogen-bond acceptors (Lipinski definition) is 6. The van der Waals surface area contributed by atoms with Gasteiger partial charge in [-0.1, -0.05) is 24.3 Å². The van der Waals surface area contributed by atoms with E-state index in [1.807, 2.05) is 30.1 Å². The van der Waals surface area contributed by atoms with Crippen molar-refractivity contribution in [3.63, 3.8) is 0 Å². The van der Waals surface area contributed by atoms with Crippen LogP contribution < -0.4 is 15.1 Å². The Morgan fingerprint density at radius 1 is 1.03 bits per heavy atom. The van der Waals surface area contributed by atoms with Crippen LogP contribution in [0.1, 0.15) is 15.9 Å². The van der Waals surface area contributed by atoms with Crippen LogP contribution in [0.15, 0.2) is 54.7 Å². The zero-order valence-electron chi connectivity index (χ0n) is 16.0. The maximum Gasteiger partial charge on any atom is 0.307 e. The molecule has 2 heterocycles. The van der Waals surface area contributed by atoms with E-state index in [4.69, 9.17) is 5.11 Å². The average molecular weight is 389 g/mol. The van der Waals surface area contributed by atoms with E-state index in [1.54, 1.807) is 48.5 Å². The van der Waals surface area contributed by atoms with Crippen LogP contribution in [0.5, 0.6) is 0 Å². The number of rotatable bonds is 4. The second kappa shape index (κ2) is 7.23. The van der Waals surface area contributed by atoms with Gasteiger partial charge in [0.15, 0.2) is 5.82 Å². The lowest BCUT2D eigenvalue weighted by atomic mass is 10.1. The lowest BCUT2D eigenvalue weighted by molar-refractivity contribution is -0.136. The molecule has 2 aromatic carbocycles. The van der Waals surface area contributed by atoms with Crippen molar-refractivity contribution < 1.29 is 14.7 Å². The topological polar surface area (TPSA) is 98.7 Å². The van der Waals surface area contributed by atoms with Gasteiger partial charge in [0.2, 0.25) is 5.95 Å². The summed E-state index contributed by atoms with van der Waals surface area (Å²) in [6, 6.07) is 14.4. The van der Waals surface area contributed by atoms with Crippen molar-refractivity contribution in [1.29, 1.82) is 0 Å². The third-order valence-corrected chi connectivity index (χ3v) is 4.79. The molecule has 0 spiro atoms. The van der Waals surface area contributed by atoms with Gasteiger partial charge in [0.05, 0.1) is 23.9 Å². The van der Waals surface area contributed by atoms with E-state index in [0.29, 0.717) is 28.6 Å². The number of nitrogens with zero attached hydrogens (tertiary/aromatic N) is 4. The molecule has 8 heteroatoms. The number of carbonyl (C=O) groups excluding carboxylic acids is 1. The van der Waals surface area contributed by atoms with Gasteiger partial charge in [-0.05, 0) is 29.8 Å². The van der Waals surface area contributed by atoms with Crippen LogP contribution in [0.25, 0.3) is 0 Å². The van der Waals surface area contributed by atoms with Crippen molar-refractivity contribution in [2.24, 2.45) is 0 Å². The quantitative estimate of drug-likeness (QED) is 0.707. The van der Waals surface area contributed by atoms with Gasteiger partial charge in [0.25, 0.3) is 5.91 Å². The Morgan fingerprint density at radius 2 is 1.76 bits per heavy atom. The molecule has 0 radical (unpaired) electrons. The van der Waals surface area contributed by atoms with Crippen LogP contribution in [0.2, 0.25) is 0 Å². The highest BCUT2D eigenvalue weighted by molar-refractivity contribution is 6.13. The second-order valence-electron chi connectivity index (χ2n) is 6.74. The Bertz CT molecular complexity index is 1100. The van der Waals surface area contributed by atoms with Gasteiger partial charge in [-0.25, -0.2) is 4.98 Å². The molecule has 0 fully saturated rings. The van der Waals surface area contributed by atoms with Gasteiger partial charge in [-0.2, -0.15) is 4.98 Å². The number of carbonyl (C=O) groups is 2. The van der Waals surface area contributed by atoms with Crippen molar-refractivity contribution in [1.82, 2.24) is 9.97 Å². The minimum atomic E-state index is -0.873.